The van der Waals surface area contributed by atoms with Crippen LogP contribution in [0.2, 0.25) is 0 Å². The van der Waals surface area contributed by atoms with Gasteiger partial charge in [0.05, 0.1) is 4.90 Å². The minimum absolute atomic E-state index is 0.0328. The van der Waals surface area contributed by atoms with Crippen molar-refractivity contribution in [2.45, 2.75) is 44.0 Å². The van der Waals surface area contributed by atoms with Crippen LogP contribution in [0, 0.1) is 5.92 Å². The van der Waals surface area contributed by atoms with E-state index in [1.165, 1.54) is 12.1 Å². The van der Waals surface area contributed by atoms with Gasteiger partial charge in [-0.1, -0.05) is 19.9 Å². The summed E-state index contributed by atoms with van der Waals surface area (Å²) in [6, 6.07) is 6.24. The number of rotatable bonds is 6. The van der Waals surface area contributed by atoms with Crippen LogP contribution in [0.25, 0.3) is 0 Å². The zero-order valence-corrected chi connectivity index (χ0v) is 13.8. The molecule has 6 heteroatoms. The minimum Gasteiger partial charge on any atom is -0.336 e. The minimum atomic E-state index is -3.81. The summed E-state index contributed by atoms with van der Waals surface area (Å²) in [5.41, 5.74) is 0.382. The van der Waals surface area contributed by atoms with Crippen molar-refractivity contribution < 1.29 is 13.2 Å². The molecule has 2 rings (SSSR count). The number of nitrogens with zero attached hydrogens (tertiary/aromatic N) is 1. The van der Waals surface area contributed by atoms with Gasteiger partial charge in [-0.25, -0.2) is 8.42 Å². The van der Waals surface area contributed by atoms with Crippen molar-refractivity contribution in [1.82, 2.24) is 4.90 Å². The van der Waals surface area contributed by atoms with Crippen LogP contribution in [0.1, 0.15) is 43.5 Å². The third-order valence-corrected chi connectivity index (χ3v) is 4.91. The van der Waals surface area contributed by atoms with Gasteiger partial charge in [0.1, 0.15) is 0 Å². The molecule has 0 N–H and O–H groups in total. The number of halogens is 1. The Morgan fingerprint density at radius 3 is 2.57 bits per heavy atom. The van der Waals surface area contributed by atoms with Crippen molar-refractivity contribution in [1.29, 1.82) is 0 Å². The largest absolute Gasteiger partial charge is 0.336 e. The highest BCUT2D eigenvalue weighted by Crippen LogP contribution is 2.29. The SMILES string of the molecule is CC(C)CCN(C(=O)c1cccc(S(=O)(=O)Cl)c1)C1CC1. The lowest BCUT2D eigenvalue weighted by Crippen LogP contribution is -2.34. The molecule has 0 aromatic heterocycles. The molecule has 0 saturated heterocycles. The van der Waals surface area contributed by atoms with Gasteiger partial charge in [0.15, 0.2) is 0 Å². The Morgan fingerprint density at radius 2 is 2.05 bits per heavy atom. The van der Waals surface area contributed by atoms with Crippen molar-refractivity contribution in [2.75, 3.05) is 6.54 Å². The van der Waals surface area contributed by atoms with E-state index in [0.717, 1.165) is 19.3 Å². The molecule has 4 nitrogen and oxygen atoms in total. The van der Waals surface area contributed by atoms with Crippen molar-refractivity contribution >= 4 is 25.6 Å². The lowest BCUT2D eigenvalue weighted by molar-refractivity contribution is 0.0735. The van der Waals surface area contributed by atoms with Crippen LogP contribution < -0.4 is 0 Å². The van der Waals surface area contributed by atoms with Gasteiger partial charge in [-0.15, -0.1) is 0 Å². The second-order valence-electron chi connectivity index (χ2n) is 5.88. The summed E-state index contributed by atoms with van der Waals surface area (Å²) in [6.45, 7) is 4.95. The first-order valence-corrected chi connectivity index (χ1v) is 9.45. The van der Waals surface area contributed by atoms with Gasteiger partial charge in [0.25, 0.3) is 15.0 Å². The number of benzene rings is 1. The standard InChI is InChI=1S/C15H20ClNO3S/c1-11(2)8-9-17(13-6-7-13)15(18)12-4-3-5-14(10-12)21(16,19)20/h3-5,10-11,13H,6-9H2,1-2H3. The summed E-state index contributed by atoms with van der Waals surface area (Å²) in [5, 5.41) is 0. The Kier molecular flexibility index (Phi) is 4.94. The van der Waals surface area contributed by atoms with E-state index in [9.17, 15) is 13.2 Å². The Balaban J connectivity index is 2.20. The fraction of sp³-hybridized carbons (Fsp3) is 0.533. The van der Waals surface area contributed by atoms with Crippen LogP contribution >= 0.6 is 10.7 Å². The number of hydrogen-bond acceptors (Lipinski definition) is 3. The summed E-state index contributed by atoms with van der Waals surface area (Å²) in [5.74, 6) is 0.411. The van der Waals surface area contributed by atoms with E-state index in [1.807, 2.05) is 4.90 Å². The Hall–Kier alpha value is -1.07. The van der Waals surface area contributed by atoms with E-state index in [2.05, 4.69) is 13.8 Å². The first-order chi connectivity index (χ1) is 9.79. The highest BCUT2D eigenvalue weighted by atomic mass is 35.7. The van der Waals surface area contributed by atoms with E-state index in [1.54, 1.807) is 12.1 Å². The second kappa shape index (κ2) is 6.36. The van der Waals surface area contributed by atoms with E-state index in [4.69, 9.17) is 10.7 Å². The topological polar surface area (TPSA) is 54.5 Å². The zero-order valence-electron chi connectivity index (χ0n) is 12.3. The number of hydrogen-bond donors (Lipinski definition) is 0. The fourth-order valence-electron chi connectivity index (χ4n) is 2.18. The molecule has 0 unspecified atom stereocenters. The van der Waals surface area contributed by atoms with Crippen LogP contribution in [0.15, 0.2) is 29.2 Å². The predicted molar refractivity (Wildman–Crippen MR) is 83.0 cm³/mol. The molecular weight excluding hydrogens is 310 g/mol. The van der Waals surface area contributed by atoms with Crippen LogP contribution in [-0.2, 0) is 9.05 Å². The van der Waals surface area contributed by atoms with E-state index >= 15 is 0 Å². The van der Waals surface area contributed by atoms with Gasteiger partial charge < -0.3 is 4.90 Å². The molecule has 1 saturated carbocycles. The molecule has 1 aliphatic rings. The quantitative estimate of drug-likeness (QED) is 0.753. The molecule has 1 aromatic carbocycles. The molecule has 1 amide bonds. The van der Waals surface area contributed by atoms with E-state index in [-0.39, 0.29) is 10.8 Å². The molecule has 0 aliphatic heterocycles. The first-order valence-electron chi connectivity index (χ1n) is 7.14. The summed E-state index contributed by atoms with van der Waals surface area (Å²) in [4.78, 5) is 14.4. The molecule has 0 heterocycles. The van der Waals surface area contributed by atoms with Crippen molar-refractivity contribution in [3.8, 4) is 0 Å². The Morgan fingerprint density at radius 1 is 1.38 bits per heavy atom. The van der Waals surface area contributed by atoms with Crippen molar-refractivity contribution in [2.24, 2.45) is 5.92 Å². The van der Waals surface area contributed by atoms with Gasteiger partial charge in [0, 0.05) is 28.8 Å². The fourth-order valence-corrected chi connectivity index (χ4v) is 2.98. The summed E-state index contributed by atoms with van der Waals surface area (Å²) >= 11 is 0. The molecule has 0 atom stereocenters. The molecule has 1 fully saturated rings. The first kappa shape index (κ1) is 16.3. The Labute approximate surface area is 130 Å². The zero-order chi connectivity index (χ0) is 15.6. The molecule has 1 aliphatic carbocycles. The molecule has 0 radical (unpaired) electrons. The smallest absolute Gasteiger partial charge is 0.261 e. The van der Waals surface area contributed by atoms with Gasteiger partial charge >= 0.3 is 0 Å². The average Bonchev–Trinajstić information content (AvgIpc) is 3.22. The number of carbonyl (C=O) groups excluding carboxylic acids is 1. The second-order valence-corrected chi connectivity index (χ2v) is 8.44. The molecule has 1 aromatic rings. The van der Waals surface area contributed by atoms with Crippen LogP contribution in [0.4, 0.5) is 0 Å². The van der Waals surface area contributed by atoms with Crippen LogP contribution in [0.5, 0.6) is 0 Å². The van der Waals surface area contributed by atoms with Crippen molar-refractivity contribution in [3.63, 3.8) is 0 Å². The van der Waals surface area contributed by atoms with Gasteiger partial charge in [0.2, 0.25) is 0 Å². The summed E-state index contributed by atoms with van der Waals surface area (Å²) in [7, 11) is 1.53. The summed E-state index contributed by atoms with van der Waals surface area (Å²) in [6.07, 6.45) is 2.99. The monoisotopic (exact) mass is 329 g/mol. The highest BCUT2D eigenvalue weighted by molar-refractivity contribution is 8.13. The highest BCUT2D eigenvalue weighted by Gasteiger charge is 2.33. The average molecular weight is 330 g/mol. The van der Waals surface area contributed by atoms with Gasteiger partial charge in [-0.3, -0.25) is 4.79 Å². The van der Waals surface area contributed by atoms with Crippen LogP contribution in [0.3, 0.4) is 0 Å². The lowest BCUT2D eigenvalue weighted by Gasteiger charge is -2.23. The predicted octanol–water partition coefficient (Wildman–Crippen LogP) is 3.26. The maximum Gasteiger partial charge on any atom is 0.261 e. The molecule has 21 heavy (non-hydrogen) atoms. The van der Waals surface area contributed by atoms with E-state index < -0.39 is 9.05 Å². The van der Waals surface area contributed by atoms with Gasteiger partial charge in [-0.2, -0.15) is 0 Å². The number of amides is 1. The maximum absolute atomic E-state index is 12.6. The third kappa shape index (κ3) is 4.45. The van der Waals surface area contributed by atoms with E-state index in [0.29, 0.717) is 24.1 Å². The summed E-state index contributed by atoms with van der Waals surface area (Å²) < 4.78 is 22.8. The third-order valence-electron chi connectivity index (χ3n) is 3.56. The maximum atomic E-state index is 12.6. The molecule has 0 spiro atoms. The molecule has 116 valence electrons. The molecular formula is C15H20ClNO3S. The number of carbonyl (C=O) groups is 1. The Bertz CT molecular complexity index is 624. The lowest BCUT2D eigenvalue weighted by atomic mass is 10.1. The van der Waals surface area contributed by atoms with Crippen LogP contribution in [-0.4, -0.2) is 31.8 Å². The normalized spacial score (nSPS) is 15.2. The van der Waals surface area contributed by atoms with Gasteiger partial charge in [-0.05, 0) is 43.4 Å². The molecule has 0 bridgehead atoms. The van der Waals surface area contributed by atoms with Crippen molar-refractivity contribution in [3.05, 3.63) is 29.8 Å².